The monoisotopic (exact) mass is 1090 g/mol. The van der Waals surface area contributed by atoms with Gasteiger partial charge in [0.05, 0.1) is 49.8 Å². The fourth-order valence-electron chi connectivity index (χ4n) is 12.4. The number of aliphatic hydroxyl groups is 1. The van der Waals surface area contributed by atoms with Crippen molar-refractivity contribution >= 4 is 77.5 Å². The van der Waals surface area contributed by atoms with Crippen LogP contribution in [0.25, 0.3) is 54.4 Å². The van der Waals surface area contributed by atoms with Crippen molar-refractivity contribution in [3.8, 4) is 40.3 Å². The number of esters is 1. The summed E-state index contributed by atoms with van der Waals surface area (Å²) in [6, 6.07) is 12.7. The van der Waals surface area contributed by atoms with E-state index in [1.807, 2.05) is 36.9 Å². The van der Waals surface area contributed by atoms with Crippen molar-refractivity contribution in [2.75, 3.05) is 56.6 Å². The largest absolute Gasteiger partial charge is 0.489 e. The summed E-state index contributed by atoms with van der Waals surface area (Å²) in [5.74, 6) is -1.82. The number of carbonyl (C=O) groups excluding carboxylic acids is 2. The van der Waals surface area contributed by atoms with Crippen molar-refractivity contribution in [1.82, 2.24) is 29.3 Å². The molecule has 5 aliphatic heterocycles. The second kappa shape index (κ2) is 18.7. The zero-order valence-electron chi connectivity index (χ0n) is 42.3. The molecule has 4 atom stereocenters. The summed E-state index contributed by atoms with van der Waals surface area (Å²) >= 11 is 7.88. The number of benzene rings is 3. The summed E-state index contributed by atoms with van der Waals surface area (Å²) in [6.07, 6.45) is 1.50. The third-order valence-electron chi connectivity index (χ3n) is 16.3. The molecule has 396 valence electrons. The molecule has 1 amide bonds. The molecule has 0 radical (unpaired) electrons. The van der Waals surface area contributed by atoms with Crippen molar-refractivity contribution in [2.24, 2.45) is 0 Å². The van der Waals surface area contributed by atoms with Crippen molar-refractivity contribution in [1.29, 1.82) is 5.26 Å². The first-order chi connectivity index (χ1) is 37.0. The number of ether oxygens (including phenoxy) is 3. The first kappa shape index (κ1) is 50.5. The summed E-state index contributed by atoms with van der Waals surface area (Å²) in [5, 5.41) is 22.6. The number of halogens is 4. The number of thiophene rings is 1. The molecule has 12 rings (SSSR count). The van der Waals surface area contributed by atoms with Crippen molar-refractivity contribution in [3.63, 3.8) is 0 Å². The van der Waals surface area contributed by atoms with E-state index in [1.165, 1.54) is 18.2 Å². The lowest BCUT2D eigenvalue weighted by Crippen LogP contribution is -2.54. The number of nitrogens with two attached hydrogens (primary N) is 1. The number of hydrogen-bond acceptors (Lipinski definition) is 15. The predicted octanol–water partition coefficient (Wildman–Crippen LogP) is 8.48. The average molecular weight is 1090 g/mol. The zero-order valence-corrected chi connectivity index (χ0v) is 43.8. The molecule has 3 N–H and O–H groups in total. The van der Waals surface area contributed by atoms with Gasteiger partial charge in [-0.3, -0.25) is 14.5 Å². The molecular weight excluding hydrogens is 1040 g/mol. The van der Waals surface area contributed by atoms with Crippen LogP contribution in [0.3, 0.4) is 0 Å². The maximum absolute atomic E-state index is 17.5. The number of amides is 1. The molecule has 3 saturated heterocycles. The highest BCUT2D eigenvalue weighted by atomic mass is 35.5. The molecule has 0 spiro atoms. The smallest absolute Gasteiger partial charge is 0.343 e. The first-order valence-electron chi connectivity index (χ1n) is 25.6. The molecule has 3 aromatic carbocycles. The Labute approximate surface area is 448 Å². The van der Waals surface area contributed by atoms with Crippen LogP contribution >= 0.6 is 22.9 Å². The SMILES string of the molecule is C=C(COc1ccc2nc3c(c(CC)c2c1)Cn1c-3cc2c(c1=O)COC(=O)[C@]2(O)CC)C(=O)N1CCN(c2nc(OC[C@@]34CCCN3C[C@H](F)C4)nc3c(F)c(-c4ccc(F)c5sc(N)c(C#N)c45)c(Cl)cc23)[C@@H](C)C1. The van der Waals surface area contributed by atoms with Crippen LogP contribution in [0.2, 0.25) is 5.02 Å². The van der Waals surface area contributed by atoms with Gasteiger partial charge in [-0.05, 0) is 86.7 Å². The number of piperazine rings is 1. The number of cyclic esters (lactones) is 1. The minimum atomic E-state index is -1.94. The number of nitriles is 1. The van der Waals surface area contributed by atoms with Gasteiger partial charge in [-0.1, -0.05) is 38.1 Å². The lowest BCUT2D eigenvalue weighted by molar-refractivity contribution is -0.172. The van der Waals surface area contributed by atoms with E-state index in [9.17, 15) is 29.1 Å². The quantitative estimate of drug-likeness (QED) is 0.0922. The van der Waals surface area contributed by atoms with Crippen LogP contribution in [0.1, 0.15) is 74.3 Å². The fourth-order valence-corrected chi connectivity index (χ4v) is 13.6. The lowest BCUT2D eigenvalue weighted by atomic mass is 9.86. The maximum Gasteiger partial charge on any atom is 0.343 e. The van der Waals surface area contributed by atoms with Gasteiger partial charge in [0.15, 0.2) is 11.4 Å². The maximum atomic E-state index is 17.5. The van der Waals surface area contributed by atoms with E-state index in [1.54, 1.807) is 28.5 Å². The van der Waals surface area contributed by atoms with E-state index >= 15 is 8.78 Å². The van der Waals surface area contributed by atoms with Crippen LogP contribution in [-0.4, -0.2) is 110 Å². The number of nitrogens with zero attached hydrogens (tertiary/aromatic N) is 8. The molecule has 3 fully saturated rings. The Balaban J connectivity index is 0.800. The van der Waals surface area contributed by atoms with Gasteiger partial charge < -0.3 is 39.4 Å². The number of rotatable bonds is 11. The Kier molecular flexibility index (Phi) is 12.3. The normalized spacial score (nSPS) is 21.8. The van der Waals surface area contributed by atoms with Crippen molar-refractivity contribution in [2.45, 2.75) is 89.4 Å². The zero-order chi connectivity index (χ0) is 54.0. The Morgan fingerprint density at radius 3 is 2.65 bits per heavy atom. The highest BCUT2D eigenvalue weighted by Crippen LogP contribution is 2.47. The minimum absolute atomic E-state index is 0.00139. The van der Waals surface area contributed by atoms with Crippen LogP contribution in [0.4, 0.5) is 24.0 Å². The van der Waals surface area contributed by atoms with Gasteiger partial charge in [-0.2, -0.15) is 15.2 Å². The number of alkyl halides is 1. The van der Waals surface area contributed by atoms with Crippen LogP contribution in [0.5, 0.6) is 11.8 Å². The molecule has 7 aromatic rings. The Morgan fingerprint density at radius 2 is 1.88 bits per heavy atom. The molecule has 0 saturated carbocycles. The van der Waals surface area contributed by atoms with Gasteiger partial charge in [-0.15, -0.1) is 11.3 Å². The molecule has 16 nitrogen and oxygen atoms in total. The topological polar surface area (TPSA) is 202 Å². The number of fused-ring (bicyclic) bond motifs is 8. The van der Waals surface area contributed by atoms with Crippen LogP contribution in [0.15, 0.2) is 59.4 Å². The number of aromatic nitrogens is 4. The van der Waals surface area contributed by atoms with Gasteiger partial charge in [0.1, 0.15) is 60.0 Å². The molecule has 5 aliphatic rings. The van der Waals surface area contributed by atoms with Crippen molar-refractivity contribution in [3.05, 3.63) is 109 Å². The predicted molar refractivity (Wildman–Crippen MR) is 285 cm³/mol. The standard InChI is InChI=1S/C56H51ClF3N9O7S/c1-5-31-33-16-30(8-11-41(33)63-46-36(31)23-69-42(46)18-38-37(52(69)71)25-75-53(72)56(38,73)6-2)74-24-27(3)51(70)66-14-15-68(28(4)21-66)50-34-17-39(57)44(32-9-10-40(59)48-43(32)35(20-61)49(62)77-48)45(60)47(34)64-54(65-50)76-26-55-12-7-13-67(55)22-29(58)19-55/h8-11,16-18,28-29,73H,3,5-7,12-15,19,21-26,62H2,1-2,4H3/t28-,29+,55-,56-/m0/s1. The third-order valence-corrected chi connectivity index (χ3v) is 17.6. The first-order valence-corrected chi connectivity index (χ1v) is 26.8. The van der Waals surface area contributed by atoms with Gasteiger partial charge in [0.25, 0.3) is 11.5 Å². The van der Waals surface area contributed by atoms with Crippen LogP contribution < -0.4 is 25.7 Å². The van der Waals surface area contributed by atoms with E-state index in [2.05, 4.69) is 16.5 Å². The molecule has 9 heterocycles. The van der Waals surface area contributed by atoms with E-state index < -0.39 is 41.0 Å². The number of anilines is 2. The molecule has 4 aromatic heterocycles. The van der Waals surface area contributed by atoms with Gasteiger partial charge >= 0.3 is 12.0 Å². The fraction of sp³-hybridized carbons (Fsp3) is 0.375. The second-order valence-electron chi connectivity index (χ2n) is 20.6. The number of nitrogen functional groups attached to an aromatic ring is 1. The molecular formula is C56H51ClF3N9O7S. The summed E-state index contributed by atoms with van der Waals surface area (Å²) in [7, 11) is 0. The van der Waals surface area contributed by atoms with Gasteiger partial charge in [0.2, 0.25) is 0 Å². The number of carbonyl (C=O) groups is 2. The number of pyridine rings is 2. The van der Waals surface area contributed by atoms with Crippen molar-refractivity contribution < 1.29 is 42.1 Å². The van der Waals surface area contributed by atoms with E-state index in [0.717, 1.165) is 47.2 Å². The molecule has 0 unspecified atom stereocenters. The lowest BCUT2D eigenvalue weighted by Gasteiger charge is -2.41. The molecule has 0 bridgehead atoms. The highest BCUT2D eigenvalue weighted by molar-refractivity contribution is 7.23. The van der Waals surface area contributed by atoms with E-state index in [0.29, 0.717) is 41.4 Å². The number of hydrogen-bond donors (Lipinski definition) is 2. The van der Waals surface area contributed by atoms with Gasteiger partial charge in [-0.25, -0.2) is 22.9 Å². The molecule has 77 heavy (non-hydrogen) atoms. The van der Waals surface area contributed by atoms with Crippen LogP contribution in [0, 0.1) is 23.0 Å². The van der Waals surface area contributed by atoms with Crippen LogP contribution in [-0.2, 0) is 39.5 Å². The summed E-state index contributed by atoms with van der Waals surface area (Å²) in [5.41, 5.74) is 7.45. The van der Waals surface area contributed by atoms with Gasteiger partial charge in [0, 0.05) is 77.1 Å². The van der Waals surface area contributed by atoms with E-state index in [4.69, 9.17) is 41.5 Å². The average Bonchev–Trinajstić information content (AvgIpc) is 4.24. The highest BCUT2D eigenvalue weighted by Gasteiger charge is 2.50. The third kappa shape index (κ3) is 7.90. The molecule has 0 aliphatic carbocycles. The Morgan fingerprint density at radius 1 is 1.06 bits per heavy atom. The second-order valence-corrected chi connectivity index (χ2v) is 22.1. The summed E-state index contributed by atoms with van der Waals surface area (Å²) in [6.45, 7) is 11.4. The molecule has 21 heteroatoms. The Hall–Kier alpha value is -7.31. The summed E-state index contributed by atoms with van der Waals surface area (Å²) in [4.78, 5) is 60.8. The summed E-state index contributed by atoms with van der Waals surface area (Å²) < 4.78 is 67.0. The Bertz CT molecular complexity index is 3850. The van der Waals surface area contributed by atoms with E-state index in [-0.39, 0.29) is 141 Å². The minimum Gasteiger partial charge on any atom is -0.489 e. The number of aryl methyl sites for hydroxylation is 1.